The van der Waals surface area contributed by atoms with Crippen molar-refractivity contribution in [1.82, 2.24) is 19.9 Å². The third-order valence-corrected chi connectivity index (χ3v) is 3.94. The fourth-order valence-corrected chi connectivity index (χ4v) is 2.64. The van der Waals surface area contributed by atoms with Gasteiger partial charge >= 0.3 is 6.18 Å². The van der Waals surface area contributed by atoms with Crippen LogP contribution in [0, 0.1) is 6.92 Å². The normalized spacial score (nSPS) is 16.4. The van der Waals surface area contributed by atoms with Gasteiger partial charge in [-0.1, -0.05) is 0 Å². The van der Waals surface area contributed by atoms with Gasteiger partial charge in [-0.25, -0.2) is 9.97 Å². The molecular formula is C16H18F3N5. The van der Waals surface area contributed by atoms with Gasteiger partial charge in [-0.3, -0.25) is 9.88 Å². The smallest absolute Gasteiger partial charge is 0.338 e. The van der Waals surface area contributed by atoms with Crippen LogP contribution >= 0.6 is 0 Å². The van der Waals surface area contributed by atoms with Crippen LogP contribution in [0.25, 0.3) is 0 Å². The zero-order valence-corrected chi connectivity index (χ0v) is 13.3. The number of alkyl halides is 3. The zero-order chi connectivity index (χ0) is 17.2. The Morgan fingerprint density at radius 3 is 2.33 bits per heavy atom. The first-order valence-electron chi connectivity index (χ1n) is 7.70. The Labute approximate surface area is 138 Å². The van der Waals surface area contributed by atoms with Crippen LogP contribution < -0.4 is 4.90 Å². The largest absolute Gasteiger partial charge is 0.433 e. The van der Waals surface area contributed by atoms with Crippen LogP contribution in [0.1, 0.15) is 16.8 Å². The van der Waals surface area contributed by atoms with Crippen molar-refractivity contribution < 1.29 is 13.2 Å². The van der Waals surface area contributed by atoms with Crippen molar-refractivity contribution in [3.8, 4) is 0 Å². The summed E-state index contributed by atoms with van der Waals surface area (Å²) in [5.74, 6) is 0.698. The van der Waals surface area contributed by atoms with E-state index in [0.717, 1.165) is 37.8 Å². The molecule has 8 heteroatoms. The van der Waals surface area contributed by atoms with E-state index in [1.165, 1.54) is 6.20 Å². The Kier molecular flexibility index (Phi) is 4.66. The van der Waals surface area contributed by atoms with Crippen LogP contribution in [0.4, 0.5) is 19.1 Å². The predicted molar refractivity (Wildman–Crippen MR) is 83.5 cm³/mol. The lowest BCUT2D eigenvalue weighted by atomic mass is 10.2. The van der Waals surface area contributed by atoms with Gasteiger partial charge in [0, 0.05) is 51.3 Å². The van der Waals surface area contributed by atoms with E-state index in [4.69, 9.17) is 0 Å². The average Bonchev–Trinajstić information content (AvgIpc) is 2.56. The highest BCUT2D eigenvalue weighted by Gasteiger charge is 2.32. The molecule has 24 heavy (non-hydrogen) atoms. The summed E-state index contributed by atoms with van der Waals surface area (Å²) in [6.07, 6.45) is 0.376. The Morgan fingerprint density at radius 1 is 1.04 bits per heavy atom. The molecule has 0 unspecified atom stereocenters. The minimum absolute atomic E-state index is 0.480. The molecule has 1 aliphatic rings. The maximum Gasteiger partial charge on any atom is 0.433 e. The molecule has 0 spiro atoms. The van der Waals surface area contributed by atoms with Crippen molar-refractivity contribution in [2.45, 2.75) is 19.6 Å². The van der Waals surface area contributed by atoms with Crippen LogP contribution in [-0.4, -0.2) is 46.0 Å². The van der Waals surface area contributed by atoms with Gasteiger partial charge in [0.05, 0.1) is 0 Å². The Bertz CT molecular complexity index is 679. The Balaban J connectivity index is 1.58. The van der Waals surface area contributed by atoms with Gasteiger partial charge in [-0.05, 0) is 30.2 Å². The molecule has 0 amide bonds. The van der Waals surface area contributed by atoms with Gasteiger partial charge < -0.3 is 4.90 Å². The molecular weight excluding hydrogens is 319 g/mol. The highest BCUT2D eigenvalue weighted by molar-refractivity contribution is 5.30. The predicted octanol–water partition coefficient (Wildman–Crippen LogP) is 2.52. The summed E-state index contributed by atoms with van der Waals surface area (Å²) in [6.45, 7) is 5.42. The van der Waals surface area contributed by atoms with Gasteiger partial charge in [0.2, 0.25) is 5.95 Å². The summed E-state index contributed by atoms with van der Waals surface area (Å²) >= 11 is 0. The first-order valence-corrected chi connectivity index (χ1v) is 7.70. The summed E-state index contributed by atoms with van der Waals surface area (Å²) in [4.78, 5) is 16.2. The molecule has 0 radical (unpaired) electrons. The third kappa shape index (κ3) is 4.00. The molecule has 128 valence electrons. The molecule has 1 aliphatic heterocycles. The minimum atomic E-state index is -4.41. The number of aromatic nitrogens is 3. The molecule has 0 N–H and O–H groups in total. The zero-order valence-electron chi connectivity index (χ0n) is 13.3. The van der Waals surface area contributed by atoms with Crippen LogP contribution in [0.2, 0.25) is 0 Å². The number of piperazine rings is 1. The van der Waals surface area contributed by atoms with E-state index in [2.05, 4.69) is 24.8 Å². The average molecular weight is 337 g/mol. The molecule has 0 aromatic carbocycles. The topological polar surface area (TPSA) is 45.2 Å². The molecule has 1 fully saturated rings. The van der Waals surface area contributed by atoms with E-state index in [0.29, 0.717) is 18.1 Å². The van der Waals surface area contributed by atoms with Gasteiger partial charge in [-0.2, -0.15) is 13.2 Å². The maximum atomic E-state index is 12.7. The number of anilines is 1. The molecule has 5 nitrogen and oxygen atoms in total. The fraction of sp³-hybridized carbons (Fsp3) is 0.438. The summed E-state index contributed by atoms with van der Waals surface area (Å²) in [5, 5.41) is 0. The summed E-state index contributed by atoms with van der Waals surface area (Å²) in [7, 11) is 0. The lowest BCUT2D eigenvalue weighted by molar-refractivity contribution is -0.141. The molecule has 2 aromatic heterocycles. The van der Waals surface area contributed by atoms with E-state index in [9.17, 15) is 13.2 Å². The Hall–Kier alpha value is -2.22. The Morgan fingerprint density at radius 2 is 1.71 bits per heavy atom. The second-order valence-corrected chi connectivity index (χ2v) is 5.87. The molecule has 2 aromatic rings. The quantitative estimate of drug-likeness (QED) is 0.861. The number of nitrogens with zero attached hydrogens (tertiary/aromatic N) is 5. The van der Waals surface area contributed by atoms with Crippen LogP contribution in [0.3, 0.4) is 0 Å². The standard InChI is InChI=1S/C16H18F3N5/c1-12-9-21-15(22-10-12)24-6-4-23(5-7-24)11-13-2-3-20-14(8-13)16(17,18)19/h2-3,8-10H,4-7,11H2,1H3. The van der Waals surface area contributed by atoms with Crippen LogP contribution in [-0.2, 0) is 12.7 Å². The number of aryl methyl sites for hydroxylation is 1. The van der Waals surface area contributed by atoms with Gasteiger partial charge in [0.15, 0.2) is 0 Å². The number of rotatable bonds is 3. The van der Waals surface area contributed by atoms with E-state index < -0.39 is 11.9 Å². The number of hydrogen-bond donors (Lipinski definition) is 0. The first kappa shape index (κ1) is 16.6. The van der Waals surface area contributed by atoms with Crippen molar-refractivity contribution in [2.24, 2.45) is 0 Å². The molecule has 0 bridgehead atoms. The molecule has 3 rings (SSSR count). The van der Waals surface area contributed by atoms with Crippen LogP contribution in [0.5, 0.6) is 0 Å². The van der Waals surface area contributed by atoms with Crippen molar-refractivity contribution in [1.29, 1.82) is 0 Å². The summed E-state index contributed by atoms with van der Waals surface area (Å²) < 4.78 is 38.2. The van der Waals surface area contributed by atoms with Crippen molar-refractivity contribution in [2.75, 3.05) is 31.1 Å². The van der Waals surface area contributed by atoms with Crippen molar-refractivity contribution in [3.05, 3.63) is 47.5 Å². The highest BCUT2D eigenvalue weighted by atomic mass is 19.4. The second-order valence-electron chi connectivity index (χ2n) is 5.87. The SMILES string of the molecule is Cc1cnc(N2CCN(Cc3ccnc(C(F)(F)F)c3)CC2)nc1. The minimum Gasteiger partial charge on any atom is -0.338 e. The second kappa shape index (κ2) is 6.72. The molecule has 0 saturated carbocycles. The number of pyridine rings is 1. The maximum absolute atomic E-state index is 12.7. The van der Waals surface area contributed by atoms with Crippen molar-refractivity contribution >= 4 is 5.95 Å². The summed E-state index contributed by atoms with van der Waals surface area (Å²) in [5.41, 5.74) is 0.791. The first-order chi connectivity index (χ1) is 11.4. The monoisotopic (exact) mass is 337 g/mol. The molecule has 0 aliphatic carbocycles. The summed E-state index contributed by atoms with van der Waals surface area (Å²) in [6, 6.07) is 2.75. The van der Waals surface area contributed by atoms with E-state index in [-0.39, 0.29) is 0 Å². The van der Waals surface area contributed by atoms with Gasteiger partial charge in [0.1, 0.15) is 5.69 Å². The highest BCUT2D eigenvalue weighted by Crippen LogP contribution is 2.28. The lowest BCUT2D eigenvalue weighted by Crippen LogP contribution is -2.46. The lowest BCUT2D eigenvalue weighted by Gasteiger charge is -2.34. The third-order valence-electron chi connectivity index (χ3n) is 3.94. The molecule has 3 heterocycles. The van der Waals surface area contributed by atoms with E-state index in [1.54, 1.807) is 18.5 Å². The fourth-order valence-electron chi connectivity index (χ4n) is 2.64. The molecule has 0 atom stereocenters. The number of halogens is 3. The van der Waals surface area contributed by atoms with E-state index >= 15 is 0 Å². The van der Waals surface area contributed by atoms with Crippen LogP contribution in [0.15, 0.2) is 30.7 Å². The van der Waals surface area contributed by atoms with Gasteiger partial charge in [0.25, 0.3) is 0 Å². The molecule has 1 saturated heterocycles. The van der Waals surface area contributed by atoms with E-state index in [1.807, 2.05) is 6.92 Å². The number of hydrogen-bond acceptors (Lipinski definition) is 5. The van der Waals surface area contributed by atoms with Gasteiger partial charge in [-0.15, -0.1) is 0 Å². The van der Waals surface area contributed by atoms with Crippen molar-refractivity contribution in [3.63, 3.8) is 0 Å².